The minimum atomic E-state index is -4.31. The molecule has 0 aromatic heterocycles. The van der Waals surface area contributed by atoms with Crippen LogP contribution < -0.4 is 10.6 Å². The van der Waals surface area contributed by atoms with E-state index in [1.807, 2.05) is 0 Å². The van der Waals surface area contributed by atoms with Gasteiger partial charge in [-0.15, -0.1) is 0 Å². The van der Waals surface area contributed by atoms with Gasteiger partial charge in [-0.3, -0.25) is 4.79 Å². The monoisotopic (exact) mass is 318 g/mol. The van der Waals surface area contributed by atoms with Gasteiger partial charge in [0.15, 0.2) is 0 Å². The zero-order valence-corrected chi connectivity index (χ0v) is 12.4. The SMILES string of the molecule is CC1CNCCC1NC(=O)c1ccc(SC(F)(F)F)cc1. The standard InChI is InChI=1S/C14H17F3N2OS/c1-9-8-18-7-6-12(9)19-13(20)10-2-4-11(5-3-10)21-14(15,16)17/h2-5,9,12,18H,6-8H2,1H3,(H,19,20). The van der Waals surface area contributed by atoms with Gasteiger partial charge in [0.1, 0.15) is 0 Å². The fourth-order valence-corrected chi connectivity index (χ4v) is 2.83. The first-order chi connectivity index (χ1) is 9.85. The van der Waals surface area contributed by atoms with E-state index in [2.05, 4.69) is 17.6 Å². The number of hydrogen-bond donors (Lipinski definition) is 2. The normalized spacial score (nSPS) is 22.9. The molecule has 0 radical (unpaired) electrons. The van der Waals surface area contributed by atoms with Crippen LogP contribution in [0.5, 0.6) is 0 Å². The van der Waals surface area contributed by atoms with Crippen LogP contribution in [0.3, 0.4) is 0 Å². The number of halogens is 3. The van der Waals surface area contributed by atoms with E-state index in [-0.39, 0.29) is 28.6 Å². The number of hydrogen-bond acceptors (Lipinski definition) is 3. The summed E-state index contributed by atoms with van der Waals surface area (Å²) in [5.74, 6) is 0.0973. The van der Waals surface area contributed by atoms with Crippen molar-refractivity contribution in [2.24, 2.45) is 5.92 Å². The van der Waals surface area contributed by atoms with E-state index in [4.69, 9.17) is 0 Å². The second kappa shape index (κ2) is 6.70. The van der Waals surface area contributed by atoms with Crippen molar-refractivity contribution in [1.29, 1.82) is 0 Å². The molecule has 3 nitrogen and oxygen atoms in total. The summed E-state index contributed by atoms with van der Waals surface area (Å²) in [5, 5.41) is 6.19. The lowest BCUT2D eigenvalue weighted by Crippen LogP contribution is -2.48. The highest BCUT2D eigenvalue weighted by molar-refractivity contribution is 8.00. The van der Waals surface area contributed by atoms with Gasteiger partial charge in [0.2, 0.25) is 0 Å². The van der Waals surface area contributed by atoms with E-state index in [0.29, 0.717) is 11.5 Å². The molecule has 1 aliphatic heterocycles. The number of piperidine rings is 1. The van der Waals surface area contributed by atoms with Crippen molar-refractivity contribution in [3.8, 4) is 0 Å². The molecular formula is C14H17F3N2OS. The summed E-state index contributed by atoms with van der Waals surface area (Å²) in [6.07, 6.45) is 0.856. The minimum absolute atomic E-state index is 0.0780. The molecule has 1 aromatic rings. The lowest BCUT2D eigenvalue weighted by molar-refractivity contribution is -0.0328. The van der Waals surface area contributed by atoms with Gasteiger partial charge in [0.05, 0.1) is 0 Å². The Hall–Kier alpha value is -1.21. The maximum atomic E-state index is 12.2. The molecule has 21 heavy (non-hydrogen) atoms. The molecule has 1 heterocycles. The Balaban J connectivity index is 1.96. The molecule has 1 aliphatic rings. The Bertz CT molecular complexity index is 490. The molecule has 1 aromatic carbocycles. The topological polar surface area (TPSA) is 41.1 Å². The van der Waals surface area contributed by atoms with Crippen LogP contribution in [0, 0.1) is 5.92 Å². The van der Waals surface area contributed by atoms with Crippen LogP contribution >= 0.6 is 11.8 Å². The number of benzene rings is 1. The molecule has 2 rings (SSSR count). The third kappa shape index (κ3) is 4.93. The van der Waals surface area contributed by atoms with Gasteiger partial charge in [-0.2, -0.15) is 13.2 Å². The highest BCUT2D eigenvalue weighted by Gasteiger charge is 2.29. The first kappa shape index (κ1) is 16.2. The number of carbonyl (C=O) groups excluding carboxylic acids is 1. The number of amides is 1. The third-order valence-corrected chi connectivity index (χ3v) is 4.19. The van der Waals surface area contributed by atoms with E-state index in [0.717, 1.165) is 19.5 Å². The molecule has 2 atom stereocenters. The van der Waals surface area contributed by atoms with Crippen LogP contribution in [0.15, 0.2) is 29.2 Å². The Kier molecular flexibility index (Phi) is 5.16. The van der Waals surface area contributed by atoms with Crippen LogP contribution in [-0.4, -0.2) is 30.5 Å². The molecule has 0 saturated carbocycles. The number of rotatable bonds is 3. The summed E-state index contributed by atoms with van der Waals surface area (Å²) in [6.45, 7) is 3.77. The lowest BCUT2D eigenvalue weighted by Gasteiger charge is -2.30. The first-order valence-corrected chi connectivity index (χ1v) is 7.54. The molecule has 0 bridgehead atoms. The predicted octanol–water partition coefficient (Wildman–Crippen LogP) is 3.03. The number of alkyl halides is 3. The van der Waals surface area contributed by atoms with Crippen molar-refractivity contribution >= 4 is 17.7 Å². The van der Waals surface area contributed by atoms with Crippen LogP contribution in [-0.2, 0) is 0 Å². The van der Waals surface area contributed by atoms with Crippen LogP contribution in [0.4, 0.5) is 13.2 Å². The van der Waals surface area contributed by atoms with Crippen molar-refractivity contribution in [2.45, 2.75) is 29.8 Å². The largest absolute Gasteiger partial charge is 0.446 e. The van der Waals surface area contributed by atoms with Crippen LogP contribution in [0.1, 0.15) is 23.7 Å². The molecular weight excluding hydrogens is 301 g/mol. The fourth-order valence-electron chi connectivity index (χ4n) is 2.29. The molecule has 2 N–H and O–H groups in total. The summed E-state index contributed by atoms with van der Waals surface area (Å²) in [7, 11) is 0. The molecule has 2 unspecified atom stereocenters. The van der Waals surface area contributed by atoms with Gasteiger partial charge >= 0.3 is 5.51 Å². The van der Waals surface area contributed by atoms with Gasteiger partial charge in [0, 0.05) is 16.5 Å². The van der Waals surface area contributed by atoms with Crippen LogP contribution in [0.25, 0.3) is 0 Å². The molecule has 0 spiro atoms. The quantitative estimate of drug-likeness (QED) is 0.842. The van der Waals surface area contributed by atoms with Crippen molar-refractivity contribution in [3.63, 3.8) is 0 Å². The molecule has 116 valence electrons. The molecule has 7 heteroatoms. The highest BCUT2D eigenvalue weighted by atomic mass is 32.2. The van der Waals surface area contributed by atoms with E-state index in [1.165, 1.54) is 24.3 Å². The third-order valence-electron chi connectivity index (χ3n) is 3.45. The zero-order valence-electron chi connectivity index (χ0n) is 11.5. The maximum absolute atomic E-state index is 12.2. The van der Waals surface area contributed by atoms with Gasteiger partial charge in [0.25, 0.3) is 5.91 Å². The van der Waals surface area contributed by atoms with Crippen molar-refractivity contribution in [1.82, 2.24) is 10.6 Å². The van der Waals surface area contributed by atoms with E-state index in [1.54, 1.807) is 0 Å². The van der Waals surface area contributed by atoms with Crippen molar-refractivity contribution < 1.29 is 18.0 Å². The average molecular weight is 318 g/mol. The van der Waals surface area contributed by atoms with Crippen LogP contribution in [0.2, 0.25) is 0 Å². The van der Waals surface area contributed by atoms with E-state index in [9.17, 15) is 18.0 Å². The summed E-state index contributed by atoms with van der Waals surface area (Å²) in [6, 6.07) is 5.59. The average Bonchev–Trinajstić information content (AvgIpc) is 2.40. The summed E-state index contributed by atoms with van der Waals surface area (Å²) < 4.78 is 36.7. The van der Waals surface area contributed by atoms with Gasteiger partial charge < -0.3 is 10.6 Å². The van der Waals surface area contributed by atoms with E-state index < -0.39 is 5.51 Å². The van der Waals surface area contributed by atoms with Gasteiger partial charge in [-0.1, -0.05) is 6.92 Å². The second-order valence-corrected chi connectivity index (χ2v) is 6.26. The van der Waals surface area contributed by atoms with E-state index >= 15 is 0 Å². The Morgan fingerprint density at radius 2 is 2.00 bits per heavy atom. The second-order valence-electron chi connectivity index (χ2n) is 5.12. The van der Waals surface area contributed by atoms with Crippen molar-refractivity contribution in [2.75, 3.05) is 13.1 Å². The Morgan fingerprint density at radius 3 is 2.57 bits per heavy atom. The summed E-state index contributed by atoms with van der Waals surface area (Å²) >= 11 is -0.183. The molecule has 1 saturated heterocycles. The maximum Gasteiger partial charge on any atom is 0.446 e. The fraction of sp³-hybridized carbons (Fsp3) is 0.500. The smallest absolute Gasteiger partial charge is 0.349 e. The number of carbonyl (C=O) groups is 1. The van der Waals surface area contributed by atoms with Crippen molar-refractivity contribution in [3.05, 3.63) is 29.8 Å². The molecule has 0 aliphatic carbocycles. The van der Waals surface area contributed by atoms with Gasteiger partial charge in [-0.25, -0.2) is 0 Å². The summed E-state index contributed by atoms with van der Waals surface area (Å²) in [5.41, 5.74) is -3.93. The first-order valence-electron chi connectivity index (χ1n) is 6.72. The highest BCUT2D eigenvalue weighted by Crippen LogP contribution is 2.36. The Morgan fingerprint density at radius 1 is 1.33 bits per heavy atom. The predicted molar refractivity (Wildman–Crippen MR) is 76.3 cm³/mol. The number of nitrogens with one attached hydrogen (secondary N) is 2. The zero-order chi connectivity index (χ0) is 15.5. The Labute approximate surface area is 125 Å². The summed E-state index contributed by atoms with van der Waals surface area (Å²) in [4.78, 5) is 12.2. The number of thioether (sulfide) groups is 1. The lowest BCUT2D eigenvalue weighted by atomic mass is 9.95. The van der Waals surface area contributed by atoms with Gasteiger partial charge in [-0.05, 0) is 61.5 Å². The minimum Gasteiger partial charge on any atom is -0.349 e. The molecule has 1 fully saturated rings. The molecule has 1 amide bonds.